The molecule has 0 aliphatic rings. The summed E-state index contributed by atoms with van der Waals surface area (Å²) in [4.78, 5) is 16.2. The van der Waals surface area contributed by atoms with E-state index in [0.29, 0.717) is 11.1 Å². The van der Waals surface area contributed by atoms with Gasteiger partial charge in [0, 0.05) is 28.0 Å². The van der Waals surface area contributed by atoms with Crippen LogP contribution in [0, 0.1) is 6.92 Å². The van der Waals surface area contributed by atoms with Gasteiger partial charge in [-0.1, -0.05) is 0 Å². The fourth-order valence-corrected chi connectivity index (χ4v) is 2.09. The third-order valence-corrected chi connectivity index (χ3v) is 3.06. The van der Waals surface area contributed by atoms with Crippen molar-refractivity contribution in [2.24, 2.45) is 0 Å². The maximum Gasteiger partial charge on any atom is 0.194 e. The molecule has 0 saturated heterocycles. The first kappa shape index (κ1) is 12.8. The Morgan fingerprint density at radius 1 is 1.22 bits per heavy atom. The van der Waals surface area contributed by atoms with Gasteiger partial charge in [-0.3, -0.25) is 9.78 Å². The highest BCUT2D eigenvalue weighted by Gasteiger charge is 2.11. The number of hydrogen-bond acceptors (Lipinski definition) is 3. The van der Waals surface area contributed by atoms with Gasteiger partial charge in [-0.25, -0.2) is 0 Å². The molecule has 0 saturated carbocycles. The van der Waals surface area contributed by atoms with E-state index in [0.717, 1.165) is 15.8 Å². The molecule has 0 amide bonds. The number of halogens is 1. The normalized spacial score (nSPS) is 10.2. The van der Waals surface area contributed by atoms with Crippen LogP contribution in [0.4, 0.5) is 0 Å². The highest BCUT2D eigenvalue weighted by molar-refractivity contribution is 9.10. The Balaban J connectivity index is 2.37. The van der Waals surface area contributed by atoms with Crippen molar-refractivity contribution in [3.05, 3.63) is 57.8 Å². The molecule has 3 nitrogen and oxygen atoms in total. The summed E-state index contributed by atoms with van der Waals surface area (Å²) in [5.74, 6) is 0.730. The van der Waals surface area contributed by atoms with Crippen molar-refractivity contribution in [3.8, 4) is 5.75 Å². The number of methoxy groups -OCH3 is 1. The number of rotatable bonds is 3. The van der Waals surface area contributed by atoms with E-state index < -0.39 is 0 Å². The van der Waals surface area contributed by atoms with Crippen molar-refractivity contribution in [2.45, 2.75) is 6.92 Å². The minimum absolute atomic E-state index is 0.0467. The smallest absolute Gasteiger partial charge is 0.194 e. The number of hydrogen-bond donors (Lipinski definition) is 0. The molecule has 2 rings (SSSR count). The van der Waals surface area contributed by atoms with Crippen LogP contribution in [0.2, 0.25) is 0 Å². The number of ketones is 1. The van der Waals surface area contributed by atoms with Crippen LogP contribution >= 0.6 is 15.9 Å². The van der Waals surface area contributed by atoms with Gasteiger partial charge < -0.3 is 4.74 Å². The molecule has 2 aromatic rings. The molecule has 0 fully saturated rings. The van der Waals surface area contributed by atoms with Crippen LogP contribution in [0.25, 0.3) is 0 Å². The van der Waals surface area contributed by atoms with Crippen LogP contribution in [0.15, 0.2) is 41.1 Å². The van der Waals surface area contributed by atoms with E-state index in [4.69, 9.17) is 4.74 Å². The molecule has 0 bridgehead atoms. The lowest BCUT2D eigenvalue weighted by atomic mass is 10.0. The second kappa shape index (κ2) is 5.31. The summed E-state index contributed by atoms with van der Waals surface area (Å²) in [5.41, 5.74) is 2.13. The second-order valence-corrected chi connectivity index (χ2v) is 4.82. The van der Waals surface area contributed by atoms with Crippen molar-refractivity contribution in [3.63, 3.8) is 0 Å². The standard InChI is InChI=1S/C14H12BrNO2/c1-9-5-10(3-4-13(9)18-2)14(17)11-6-12(15)8-16-7-11/h3-8H,1-2H3. The number of aromatic nitrogens is 1. The summed E-state index contributed by atoms with van der Waals surface area (Å²) in [7, 11) is 1.61. The van der Waals surface area contributed by atoms with Crippen LogP contribution < -0.4 is 4.74 Å². The molecule has 4 heteroatoms. The molecule has 1 aromatic carbocycles. The predicted molar refractivity (Wildman–Crippen MR) is 73.1 cm³/mol. The first-order valence-electron chi connectivity index (χ1n) is 5.41. The minimum Gasteiger partial charge on any atom is -0.496 e. The highest BCUT2D eigenvalue weighted by atomic mass is 79.9. The third-order valence-electron chi connectivity index (χ3n) is 2.62. The molecule has 0 radical (unpaired) electrons. The zero-order chi connectivity index (χ0) is 13.1. The molecule has 0 spiro atoms. The molecule has 0 atom stereocenters. The van der Waals surface area contributed by atoms with Gasteiger partial charge in [-0.15, -0.1) is 0 Å². The Labute approximate surface area is 114 Å². The number of carbonyl (C=O) groups is 1. The molecule has 18 heavy (non-hydrogen) atoms. The quantitative estimate of drug-likeness (QED) is 0.816. The van der Waals surface area contributed by atoms with Crippen molar-refractivity contribution < 1.29 is 9.53 Å². The fourth-order valence-electron chi connectivity index (χ4n) is 1.72. The minimum atomic E-state index is -0.0467. The summed E-state index contributed by atoms with van der Waals surface area (Å²) in [6, 6.07) is 7.14. The molecule has 0 unspecified atom stereocenters. The monoisotopic (exact) mass is 305 g/mol. The Bertz CT molecular complexity index is 596. The number of aryl methyl sites for hydroxylation is 1. The highest BCUT2D eigenvalue weighted by Crippen LogP contribution is 2.21. The molecule has 0 N–H and O–H groups in total. The fraction of sp³-hybridized carbons (Fsp3) is 0.143. The maximum absolute atomic E-state index is 12.2. The van der Waals surface area contributed by atoms with E-state index in [-0.39, 0.29) is 5.78 Å². The molecule has 92 valence electrons. The van der Waals surface area contributed by atoms with Gasteiger partial charge in [-0.2, -0.15) is 0 Å². The van der Waals surface area contributed by atoms with Crippen LogP contribution in [-0.4, -0.2) is 17.9 Å². The summed E-state index contributed by atoms with van der Waals surface area (Å²) >= 11 is 3.31. The van der Waals surface area contributed by atoms with E-state index in [1.165, 1.54) is 0 Å². The van der Waals surface area contributed by atoms with Gasteiger partial charge in [0.05, 0.1) is 7.11 Å². The summed E-state index contributed by atoms with van der Waals surface area (Å²) in [5, 5.41) is 0. The van der Waals surface area contributed by atoms with Gasteiger partial charge >= 0.3 is 0 Å². The first-order chi connectivity index (χ1) is 8.61. The zero-order valence-electron chi connectivity index (χ0n) is 10.1. The number of benzene rings is 1. The van der Waals surface area contributed by atoms with Gasteiger partial charge in [0.15, 0.2) is 5.78 Å². The SMILES string of the molecule is COc1ccc(C(=O)c2cncc(Br)c2)cc1C. The van der Waals surface area contributed by atoms with Crippen LogP contribution in [0.5, 0.6) is 5.75 Å². The average Bonchev–Trinajstić information content (AvgIpc) is 2.37. The van der Waals surface area contributed by atoms with Crippen molar-refractivity contribution in [1.29, 1.82) is 0 Å². The Morgan fingerprint density at radius 3 is 2.61 bits per heavy atom. The van der Waals surface area contributed by atoms with Gasteiger partial charge in [0.1, 0.15) is 5.75 Å². The number of ether oxygens (including phenoxy) is 1. The summed E-state index contributed by atoms with van der Waals surface area (Å²) < 4.78 is 5.96. The van der Waals surface area contributed by atoms with Crippen molar-refractivity contribution in [2.75, 3.05) is 7.11 Å². The van der Waals surface area contributed by atoms with Crippen molar-refractivity contribution in [1.82, 2.24) is 4.98 Å². The van der Waals surface area contributed by atoms with Crippen LogP contribution in [-0.2, 0) is 0 Å². The van der Waals surface area contributed by atoms with E-state index >= 15 is 0 Å². The second-order valence-electron chi connectivity index (χ2n) is 3.91. The lowest BCUT2D eigenvalue weighted by molar-refractivity contribution is 0.103. The lowest BCUT2D eigenvalue weighted by Gasteiger charge is -2.07. The molecule has 0 aliphatic heterocycles. The van der Waals surface area contributed by atoms with Crippen LogP contribution in [0.3, 0.4) is 0 Å². The van der Waals surface area contributed by atoms with E-state index in [1.54, 1.807) is 37.7 Å². The topological polar surface area (TPSA) is 39.2 Å². The Morgan fingerprint density at radius 2 is 2.00 bits per heavy atom. The average molecular weight is 306 g/mol. The zero-order valence-corrected chi connectivity index (χ0v) is 11.7. The van der Waals surface area contributed by atoms with Crippen LogP contribution in [0.1, 0.15) is 21.5 Å². The summed E-state index contributed by atoms with van der Waals surface area (Å²) in [6.45, 7) is 1.91. The van der Waals surface area contributed by atoms with E-state index in [9.17, 15) is 4.79 Å². The van der Waals surface area contributed by atoms with Gasteiger partial charge in [-0.05, 0) is 52.7 Å². The predicted octanol–water partition coefficient (Wildman–Crippen LogP) is 3.39. The Hall–Kier alpha value is -1.68. The maximum atomic E-state index is 12.2. The van der Waals surface area contributed by atoms with E-state index in [2.05, 4.69) is 20.9 Å². The molecule has 1 heterocycles. The Kier molecular flexibility index (Phi) is 3.77. The molecule has 0 aliphatic carbocycles. The van der Waals surface area contributed by atoms with Crippen molar-refractivity contribution >= 4 is 21.7 Å². The lowest BCUT2D eigenvalue weighted by Crippen LogP contribution is -2.02. The number of nitrogens with zero attached hydrogens (tertiary/aromatic N) is 1. The molecular formula is C14H12BrNO2. The molecular weight excluding hydrogens is 294 g/mol. The largest absolute Gasteiger partial charge is 0.496 e. The van der Waals surface area contributed by atoms with E-state index in [1.807, 2.05) is 13.0 Å². The summed E-state index contributed by atoms with van der Waals surface area (Å²) in [6.07, 6.45) is 3.21. The number of pyridine rings is 1. The molecule has 1 aromatic heterocycles. The van der Waals surface area contributed by atoms with Gasteiger partial charge in [0.25, 0.3) is 0 Å². The first-order valence-corrected chi connectivity index (χ1v) is 6.21. The number of carbonyl (C=O) groups excluding carboxylic acids is 1. The third kappa shape index (κ3) is 2.59. The van der Waals surface area contributed by atoms with Gasteiger partial charge in [0.2, 0.25) is 0 Å².